The molecule has 6 unspecified atom stereocenters. The maximum Gasteiger partial charge on any atom is 0.330 e. The molecule has 6 nitrogen and oxygen atoms in total. The van der Waals surface area contributed by atoms with Crippen molar-refractivity contribution in [3.05, 3.63) is 25.0 Å². The van der Waals surface area contributed by atoms with Crippen molar-refractivity contribution in [3.8, 4) is 0 Å². The third kappa shape index (κ3) is 2.24. The molecule has 0 amide bonds. The smallest absolute Gasteiger partial charge is 0.330 e. The van der Waals surface area contributed by atoms with Gasteiger partial charge < -0.3 is 19.3 Å². The lowest BCUT2D eigenvalue weighted by Gasteiger charge is -2.26. The minimum Gasteiger partial charge on any atom is -0.491 e. The highest BCUT2D eigenvalue weighted by molar-refractivity contribution is 8.01. The first-order chi connectivity index (χ1) is 10.0. The molecule has 6 atom stereocenters. The highest BCUT2D eigenvalue weighted by Gasteiger charge is 2.67. The lowest BCUT2D eigenvalue weighted by atomic mass is 9.78. The summed E-state index contributed by atoms with van der Waals surface area (Å²) in [6, 6.07) is 0. The van der Waals surface area contributed by atoms with E-state index in [1.54, 1.807) is 11.8 Å². The zero-order valence-corrected chi connectivity index (χ0v) is 12.1. The summed E-state index contributed by atoms with van der Waals surface area (Å²) < 4.78 is 15.4. The molecule has 21 heavy (non-hydrogen) atoms. The number of hydrogen-bond acceptors (Lipinski definition) is 7. The van der Waals surface area contributed by atoms with E-state index in [1.165, 1.54) is 0 Å². The highest BCUT2D eigenvalue weighted by atomic mass is 32.2. The SMILES string of the molecule is C=CC(=O)OCCOC(=O)C1C2SC3C(OC(=C)C31)C2O. The summed E-state index contributed by atoms with van der Waals surface area (Å²) in [5.74, 6) is -0.958. The number of esters is 2. The molecule has 0 radical (unpaired) electrons. The Balaban J connectivity index is 1.57. The number of fused-ring (bicyclic) bond motifs is 1. The molecule has 7 heteroatoms. The summed E-state index contributed by atoms with van der Waals surface area (Å²) in [5.41, 5.74) is 0. The van der Waals surface area contributed by atoms with Gasteiger partial charge in [0.15, 0.2) is 0 Å². The van der Waals surface area contributed by atoms with Gasteiger partial charge in [-0.3, -0.25) is 4.79 Å². The van der Waals surface area contributed by atoms with Gasteiger partial charge in [0, 0.05) is 17.2 Å². The van der Waals surface area contributed by atoms with E-state index in [2.05, 4.69) is 13.2 Å². The number of thioether (sulfide) groups is 1. The molecule has 3 saturated heterocycles. The summed E-state index contributed by atoms with van der Waals surface area (Å²) in [6.07, 6.45) is 0.117. The lowest BCUT2D eigenvalue weighted by molar-refractivity contribution is -0.155. The van der Waals surface area contributed by atoms with E-state index >= 15 is 0 Å². The van der Waals surface area contributed by atoms with Gasteiger partial charge in [0.2, 0.25) is 0 Å². The number of aliphatic hydroxyl groups is 1. The Labute approximate surface area is 126 Å². The predicted octanol–water partition coefficient (Wildman–Crippen LogP) is 0.262. The quantitative estimate of drug-likeness (QED) is 0.443. The van der Waals surface area contributed by atoms with Crippen molar-refractivity contribution in [2.24, 2.45) is 11.8 Å². The van der Waals surface area contributed by atoms with Gasteiger partial charge in [-0.25, -0.2) is 4.79 Å². The largest absolute Gasteiger partial charge is 0.491 e. The molecule has 3 aliphatic heterocycles. The fourth-order valence-electron chi connectivity index (χ4n) is 3.21. The molecule has 0 spiro atoms. The van der Waals surface area contributed by atoms with Gasteiger partial charge in [0.1, 0.15) is 25.4 Å². The Morgan fingerprint density at radius 3 is 2.76 bits per heavy atom. The molecule has 0 aromatic heterocycles. The van der Waals surface area contributed by atoms with Gasteiger partial charge in [-0.1, -0.05) is 13.2 Å². The molecule has 3 fully saturated rings. The van der Waals surface area contributed by atoms with Gasteiger partial charge in [-0.15, -0.1) is 11.8 Å². The predicted molar refractivity (Wildman–Crippen MR) is 74.3 cm³/mol. The third-order valence-corrected chi connectivity index (χ3v) is 5.84. The molecule has 3 rings (SSSR count). The zero-order valence-electron chi connectivity index (χ0n) is 11.3. The molecule has 0 aliphatic carbocycles. The Morgan fingerprint density at radius 2 is 2.05 bits per heavy atom. The van der Waals surface area contributed by atoms with Crippen LogP contribution in [0.25, 0.3) is 0 Å². The Bertz CT molecular complexity index is 504. The van der Waals surface area contributed by atoms with Crippen LogP contribution in [0.5, 0.6) is 0 Å². The van der Waals surface area contributed by atoms with E-state index < -0.39 is 24.0 Å². The van der Waals surface area contributed by atoms with Crippen molar-refractivity contribution < 1.29 is 28.9 Å². The maximum atomic E-state index is 12.2. The van der Waals surface area contributed by atoms with Gasteiger partial charge >= 0.3 is 11.9 Å². The van der Waals surface area contributed by atoms with E-state index in [0.717, 1.165) is 6.08 Å². The van der Waals surface area contributed by atoms with Crippen LogP contribution >= 0.6 is 11.8 Å². The topological polar surface area (TPSA) is 82.1 Å². The standard InChI is InChI=1S/C14H16O6S/c1-3-7(15)18-4-5-19-14(17)9-8-6(2)20-11-10(16)12(9)21-13(8)11/h3,8-13,16H,1-2,4-5H2. The van der Waals surface area contributed by atoms with Crippen LogP contribution in [0.3, 0.4) is 0 Å². The van der Waals surface area contributed by atoms with Gasteiger partial charge in [-0.05, 0) is 0 Å². The second-order valence-electron chi connectivity index (χ2n) is 5.20. The molecule has 3 aliphatic rings. The van der Waals surface area contributed by atoms with Crippen LogP contribution in [0.2, 0.25) is 0 Å². The van der Waals surface area contributed by atoms with Gasteiger partial charge in [0.25, 0.3) is 0 Å². The molecule has 0 aromatic carbocycles. The summed E-state index contributed by atoms with van der Waals surface area (Å²) in [5, 5.41) is 10.0. The zero-order chi connectivity index (χ0) is 15.1. The Hall–Kier alpha value is -1.47. The average molecular weight is 312 g/mol. The van der Waals surface area contributed by atoms with E-state index in [-0.39, 0.29) is 35.7 Å². The number of hydrogen-bond donors (Lipinski definition) is 1. The minimum atomic E-state index is -0.674. The summed E-state index contributed by atoms with van der Waals surface area (Å²) in [7, 11) is 0. The van der Waals surface area contributed by atoms with Crippen molar-refractivity contribution in [2.45, 2.75) is 22.7 Å². The summed E-state index contributed by atoms with van der Waals surface area (Å²) in [4.78, 5) is 23.1. The molecule has 2 bridgehead atoms. The molecule has 0 saturated carbocycles. The fraction of sp³-hybridized carbons (Fsp3) is 0.571. The van der Waals surface area contributed by atoms with Crippen molar-refractivity contribution in [3.63, 3.8) is 0 Å². The lowest BCUT2D eigenvalue weighted by Crippen LogP contribution is -2.45. The first kappa shape index (κ1) is 14.5. The second-order valence-corrected chi connectivity index (χ2v) is 6.56. The van der Waals surface area contributed by atoms with Crippen LogP contribution in [-0.4, -0.2) is 53.0 Å². The summed E-state index contributed by atoms with van der Waals surface area (Å²) >= 11 is 1.57. The number of aliphatic hydroxyl groups excluding tert-OH is 1. The van der Waals surface area contributed by atoms with E-state index in [4.69, 9.17) is 14.2 Å². The number of ether oxygens (including phenoxy) is 3. The van der Waals surface area contributed by atoms with Crippen LogP contribution < -0.4 is 0 Å². The van der Waals surface area contributed by atoms with Crippen LogP contribution in [-0.2, 0) is 23.8 Å². The molecule has 114 valence electrons. The van der Waals surface area contributed by atoms with Crippen LogP contribution in [0.1, 0.15) is 0 Å². The number of allylic oxidation sites excluding steroid dienone is 1. The first-order valence-corrected chi connectivity index (χ1v) is 7.63. The number of carbonyl (C=O) groups excluding carboxylic acids is 2. The molecule has 3 heterocycles. The van der Waals surface area contributed by atoms with Crippen molar-refractivity contribution in [2.75, 3.05) is 13.2 Å². The Morgan fingerprint density at radius 1 is 1.33 bits per heavy atom. The van der Waals surface area contributed by atoms with Crippen molar-refractivity contribution >= 4 is 23.7 Å². The third-order valence-electron chi connectivity index (χ3n) is 4.08. The second kappa shape index (κ2) is 5.38. The van der Waals surface area contributed by atoms with Gasteiger partial charge in [0.05, 0.1) is 16.9 Å². The van der Waals surface area contributed by atoms with E-state index in [9.17, 15) is 14.7 Å². The van der Waals surface area contributed by atoms with Gasteiger partial charge in [-0.2, -0.15) is 0 Å². The first-order valence-electron chi connectivity index (χ1n) is 6.69. The molecule has 0 aromatic rings. The minimum absolute atomic E-state index is 0.0160. The van der Waals surface area contributed by atoms with Crippen LogP contribution in [0.4, 0.5) is 0 Å². The van der Waals surface area contributed by atoms with Crippen molar-refractivity contribution in [1.82, 2.24) is 0 Å². The number of rotatable bonds is 5. The van der Waals surface area contributed by atoms with E-state index in [1.807, 2.05) is 0 Å². The maximum absolute atomic E-state index is 12.2. The fourth-order valence-corrected chi connectivity index (χ4v) is 5.20. The highest BCUT2D eigenvalue weighted by Crippen LogP contribution is 2.60. The number of carbonyl (C=O) groups is 2. The van der Waals surface area contributed by atoms with Crippen LogP contribution in [0.15, 0.2) is 25.0 Å². The van der Waals surface area contributed by atoms with E-state index in [0.29, 0.717) is 5.76 Å². The van der Waals surface area contributed by atoms with Crippen LogP contribution in [0, 0.1) is 11.8 Å². The molecular weight excluding hydrogens is 296 g/mol. The Kier molecular flexibility index (Phi) is 3.71. The normalized spacial score (nSPS) is 39.0. The van der Waals surface area contributed by atoms with Crippen molar-refractivity contribution in [1.29, 1.82) is 0 Å². The summed E-state index contributed by atoms with van der Waals surface area (Å²) in [6.45, 7) is 7.07. The molecule has 1 N–H and O–H groups in total. The molecular formula is C14H16O6S. The monoisotopic (exact) mass is 312 g/mol. The average Bonchev–Trinajstić information content (AvgIpc) is 3.07.